The van der Waals surface area contributed by atoms with E-state index in [4.69, 9.17) is 0 Å². The van der Waals surface area contributed by atoms with E-state index in [1.165, 1.54) is 18.2 Å². The topological polar surface area (TPSA) is 78.7 Å². The number of nitro benzene ring substituents is 1. The van der Waals surface area contributed by atoms with Crippen molar-refractivity contribution in [1.82, 2.24) is 10.2 Å². The molecule has 0 aliphatic carbocycles. The Labute approximate surface area is 182 Å². The van der Waals surface area contributed by atoms with Crippen LogP contribution in [-0.4, -0.2) is 55.0 Å². The standard InChI is InChI=1S/C23H29FN4O3/c1-17-6-5-7-20(14-17)27-12-10-26(11-13-27)9-4-3-8-25-23(29)19-15-21(24)18(2)22(16-19)28(30)31/h5-7,14-16H,3-4,8-13H2,1-2H3,(H,25,29). The van der Waals surface area contributed by atoms with Gasteiger partial charge in [-0.05, 0) is 57.0 Å². The number of halogens is 1. The average Bonchev–Trinajstić information content (AvgIpc) is 2.75. The fourth-order valence-corrected chi connectivity index (χ4v) is 3.80. The Kier molecular flexibility index (Phi) is 7.57. The molecule has 2 aromatic rings. The van der Waals surface area contributed by atoms with Gasteiger partial charge in [0.25, 0.3) is 11.6 Å². The van der Waals surface area contributed by atoms with Crippen molar-refractivity contribution in [2.45, 2.75) is 26.7 Å². The van der Waals surface area contributed by atoms with E-state index in [1.807, 2.05) is 0 Å². The van der Waals surface area contributed by atoms with Crippen LogP contribution in [0.15, 0.2) is 36.4 Å². The predicted molar refractivity (Wildman–Crippen MR) is 119 cm³/mol. The van der Waals surface area contributed by atoms with Gasteiger partial charge in [0.05, 0.1) is 10.5 Å². The van der Waals surface area contributed by atoms with Crippen LogP contribution in [-0.2, 0) is 0 Å². The van der Waals surface area contributed by atoms with Crippen LogP contribution < -0.4 is 10.2 Å². The number of nitrogens with one attached hydrogen (secondary N) is 1. The number of hydrogen-bond acceptors (Lipinski definition) is 5. The zero-order valence-electron chi connectivity index (χ0n) is 18.1. The molecule has 0 aromatic heterocycles. The Morgan fingerprint density at radius 1 is 1.13 bits per heavy atom. The Hall–Kier alpha value is -3.00. The highest BCUT2D eigenvalue weighted by atomic mass is 19.1. The first kappa shape index (κ1) is 22.7. The first-order valence-corrected chi connectivity index (χ1v) is 10.6. The van der Waals surface area contributed by atoms with Gasteiger partial charge in [-0.2, -0.15) is 0 Å². The normalized spacial score (nSPS) is 14.5. The molecule has 31 heavy (non-hydrogen) atoms. The number of hydrogen-bond donors (Lipinski definition) is 1. The molecule has 1 N–H and O–H groups in total. The number of carbonyl (C=O) groups is 1. The van der Waals surface area contributed by atoms with Gasteiger partial charge in [0.2, 0.25) is 0 Å². The lowest BCUT2D eigenvalue weighted by Gasteiger charge is -2.36. The van der Waals surface area contributed by atoms with Gasteiger partial charge in [0, 0.05) is 50.0 Å². The third kappa shape index (κ3) is 6.01. The number of aryl methyl sites for hydroxylation is 1. The van der Waals surface area contributed by atoms with E-state index in [9.17, 15) is 19.3 Å². The van der Waals surface area contributed by atoms with Crippen molar-refractivity contribution in [2.24, 2.45) is 0 Å². The number of nitrogens with zero attached hydrogens (tertiary/aromatic N) is 3. The number of anilines is 1. The summed E-state index contributed by atoms with van der Waals surface area (Å²) >= 11 is 0. The fraction of sp³-hybridized carbons (Fsp3) is 0.435. The van der Waals surface area contributed by atoms with E-state index >= 15 is 0 Å². The zero-order valence-corrected chi connectivity index (χ0v) is 18.1. The average molecular weight is 429 g/mol. The second-order valence-corrected chi connectivity index (χ2v) is 7.99. The summed E-state index contributed by atoms with van der Waals surface area (Å²) in [7, 11) is 0. The predicted octanol–water partition coefficient (Wildman–Crippen LogP) is 3.68. The van der Waals surface area contributed by atoms with Crippen LogP contribution >= 0.6 is 0 Å². The molecular weight excluding hydrogens is 399 g/mol. The molecule has 0 unspecified atom stereocenters. The Balaban J connectivity index is 1.37. The number of rotatable bonds is 8. The molecule has 1 heterocycles. The van der Waals surface area contributed by atoms with Gasteiger partial charge in [0.15, 0.2) is 0 Å². The van der Waals surface area contributed by atoms with Crippen LogP contribution in [0.25, 0.3) is 0 Å². The summed E-state index contributed by atoms with van der Waals surface area (Å²) in [6.07, 6.45) is 1.73. The highest BCUT2D eigenvalue weighted by Crippen LogP contribution is 2.23. The molecule has 0 saturated carbocycles. The van der Waals surface area contributed by atoms with E-state index in [-0.39, 0.29) is 16.8 Å². The van der Waals surface area contributed by atoms with Crippen molar-refractivity contribution in [1.29, 1.82) is 0 Å². The minimum absolute atomic E-state index is 0.0259. The molecule has 1 aliphatic rings. The third-order valence-corrected chi connectivity index (χ3v) is 5.70. The lowest BCUT2D eigenvalue weighted by molar-refractivity contribution is -0.385. The molecule has 8 heteroatoms. The first-order valence-electron chi connectivity index (χ1n) is 10.6. The minimum Gasteiger partial charge on any atom is -0.369 e. The van der Waals surface area contributed by atoms with E-state index in [0.717, 1.165) is 57.7 Å². The summed E-state index contributed by atoms with van der Waals surface area (Å²) in [6.45, 7) is 8.85. The van der Waals surface area contributed by atoms with Gasteiger partial charge in [-0.15, -0.1) is 0 Å². The summed E-state index contributed by atoms with van der Waals surface area (Å²) in [5.74, 6) is -1.24. The summed E-state index contributed by atoms with van der Waals surface area (Å²) in [5, 5.41) is 13.7. The number of amides is 1. The van der Waals surface area contributed by atoms with Gasteiger partial charge < -0.3 is 10.2 Å². The van der Waals surface area contributed by atoms with Crippen molar-refractivity contribution in [3.05, 3.63) is 69.0 Å². The van der Waals surface area contributed by atoms with Crippen molar-refractivity contribution in [3.63, 3.8) is 0 Å². The second kappa shape index (κ2) is 10.3. The third-order valence-electron chi connectivity index (χ3n) is 5.70. The molecule has 1 fully saturated rings. The molecule has 3 rings (SSSR count). The summed E-state index contributed by atoms with van der Waals surface area (Å²) in [5.41, 5.74) is 2.07. The lowest BCUT2D eigenvalue weighted by atomic mass is 10.1. The molecule has 1 amide bonds. The number of benzene rings is 2. The molecule has 1 aliphatic heterocycles. The zero-order chi connectivity index (χ0) is 22.4. The Morgan fingerprint density at radius 2 is 1.87 bits per heavy atom. The van der Waals surface area contributed by atoms with E-state index in [2.05, 4.69) is 46.3 Å². The van der Waals surface area contributed by atoms with Crippen molar-refractivity contribution < 1.29 is 14.1 Å². The van der Waals surface area contributed by atoms with Gasteiger partial charge in [0.1, 0.15) is 5.82 Å². The SMILES string of the molecule is Cc1cccc(N2CCN(CCCCNC(=O)c3cc(F)c(C)c([N+](=O)[O-])c3)CC2)c1. The van der Waals surface area contributed by atoms with Crippen LogP contribution in [0.3, 0.4) is 0 Å². The maximum atomic E-state index is 13.9. The molecule has 0 spiro atoms. The smallest absolute Gasteiger partial charge is 0.276 e. The van der Waals surface area contributed by atoms with Gasteiger partial charge in [-0.3, -0.25) is 19.8 Å². The molecule has 0 bridgehead atoms. The highest BCUT2D eigenvalue weighted by Gasteiger charge is 2.20. The Morgan fingerprint density at radius 3 is 2.55 bits per heavy atom. The van der Waals surface area contributed by atoms with Crippen LogP contribution in [0, 0.1) is 29.8 Å². The maximum Gasteiger partial charge on any atom is 0.276 e. The van der Waals surface area contributed by atoms with Crippen LogP contribution in [0.5, 0.6) is 0 Å². The monoisotopic (exact) mass is 428 g/mol. The van der Waals surface area contributed by atoms with Gasteiger partial charge >= 0.3 is 0 Å². The van der Waals surface area contributed by atoms with Crippen molar-refractivity contribution in [2.75, 3.05) is 44.2 Å². The van der Waals surface area contributed by atoms with E-state index in [1.54, 1.807) is 0 Å². The number of carbonyl (C=O) groups excluding carboxylic acids is 1. The fourth-order valence-electron chi connectivity index (χ4n) is 3.80. The van der Waals surface area contributed by atoms with Gasteiger partial charge in [-0.25, -0.2) is 4.39 Å². The lowest BCUT2D eigenvalue weighted by Crippen LogP contribution is -2.46. The van der Waals surface area contributed by atoms with E-state index in [0.29, 0.717) is 6.54 Å². The summed E-state index contributed by atoms with van der Waals surface area (Å²) in [4.78, 5) is 27.4. The molecular formula is C23H29FN4O3. The molecule has 7 nitrogen and oxygen atoms in total. The highest BCUT2D eigenvalue weighted by molar-refractivity contribution is 5.95. The molecule has 1 saturated heterocycles. The van der Waals surface area contributed by atoms with Crippen molar-refractivity contribution >= 4 is 17.3 Å². The number of unbranched alkanes of at least 4 members (excludes halogenated alkanes) is 1. The van der Waals surface area contributed by atoms with Crippen LogP contribution in [0.1, 0.15) is 34.3 Å². The summed E-state index contributed by atoms with van der Waals surface area (Å²) in [6, 6.07) is 10.7. The first-order chi connectivity index (χ1) is 14.8. The Bertz CT molecular complexity index is 942. The van der Waals surface area contributed by atoms with Gasteiger partial charge in [-0.1, -0.05) is 12.1 Å². The quantitative estimate of drug-likeness (QED) is 0.394. The molecule has 0 radical (unpaired) electrons. The number of piperazine rings is 1. The van der Waals surface area contributed by atoms with Crippen LogP contribution in [0.4, 0.5) is 15.8 Å². The van der Waals surface area contributed by atoms with Crippen LogP contribution in [0.2, 0.25) is 0 Å². The molecule has 166 valence electrons. The van der Waals surface area contributed by atoms with Crippen molar-refractivity contribution in [3.8, 4) is 0 Å². The summed E-state index contributed by atoms with van der Waals surface area (Å²) < 4.78 is 13.9. The largest absolute Gasteiger partial charge is 0.369 e. The second-order valence-electron chi connectivity index (χ2n) is 7.99. The maximum absolute atomic E-state index is 13.9. The van der Waals surface area contributed by atoms with E-state index < -0.39 is 16.6 Å². The number of nitro groups is 1. The minimum atomic E-state index is -0.746. The molecule has 2 aromatic carbocycles. The molecule has 0 atom stereocenters.